The molecule has 1 aromatic heterocycles. The summed E-state index contributed by atoms with van der Waals surface area (Å²) in [5.41, 5.74) is 4.67. The first kappa shape index (κ1) is 15.0. The third kappa shape index (κ3) is 2.10. The van der Waals surface area contributed by atoms with E-state index in [2.05, 4.69) is 71.7 Å². The molecule has 0 N–H and O–H groups in total. The molecule has 0 saturated heterocycles. The zero-order valence-electron chi connectivity index (χ0n) is 14.5. The maximum Gasteiger partial charge on any atom is 0.178 e. The second kappa shape index (κ2) is 5.60. The van der Waals surface area contributed by atoms with Crippen LogP contribution in [0.25, 0.3) is 17.1 Å². The lowest BCUT2D eigenvalue weighted by Gasteiger charge is -2.36. The molecule has 1 aliphatic heterocycles. The number of hydrogen-bond donors (Lipinski definition) is 0. The third-order valence-electron chi connectivity index (χ3n) is 5.06. The minimum Gasteiger partial charge on any atom is -0.473 e. The molecule has 0 bridgehead atoms. The highest BCUT2D eigenvalue weighted by Crippen LogP contribution is 2.43. The minimum absolute atomic E-state index is 0.641. The molecule has 4 aromatic rings. The largest absolute Gasteiger partial charge is 0.473 e. The van der Waals surface area contributed by atoms with Crippen molar-refractivity contribution in [3.05, 3.63) is 102 Å². The van der Waals surface area contributed by atoms with Crippen molar-refractivity contribution in [1.29, 1.82) is 0 Å². The van der Waals surface area contributed by atoms with Gasteiger partial charge in [0.2, 0.25) is 0 Å². The van der Waals surface area contributed by atoms with E-state index in [-0.39, 0.29) is 0 Å². The summed E-state index contributed by atoms with van der Waals surface area (Å²) in [6.45, 7) is 0. The maximum atomic E-state index is 6.67. The number of benzene rings is 3. The van der Waals surface area contributed by atoms with Crippen LogP contribution < -0.4 is 4.74 Å². The van der Waals surface area contributed by atoms with E-state index in [1.807, 2.05) is 36.1 Å². The van der Waals surface area contributed by atoms with E-state index in [0.29, 0.717) is 0 Å². The monoisotopic (exact) mass is 338 g/mol. The van der Waals surface area contributed by atoms with Gasteiger partial charge in [-0.2, -0.15) is 0 Å². The number of aromatic nitrogens is 2. The molecule has 3 nitrogen and oxygen atoms in total. The summed E-state index contributed by atoms with van der Waals surface area (Å²) in [6.07, 6.45) is 6.14. The molecule has 3 aromatic carbocycles. The van der Waals surface area contributed by atoms with E-state index in [1.165, 1.54) is 0 Å². The normalized spacial score (nSPS) is 14.8. The van der Waals surface area contributed by atoms with E-state index in [1.54, 1.807) is 0 Å². The molecule has 0 saturated carbocycles. The van der Waals surface area contributed by atoms with E-state index in [4.69, 9.17) is 4.74 Å². The summed E-state index contributed by atoms with van der Waals surface area (Å²) < 4.78 is 8.70. The summed E-state index contributed by atoms with van der Waals surface area (Å²) >= 11 is 0. The molecule has 5 rings (SSSR count). The second-order valence-electron chi connectivity index (χ2n) is 6.60. The summed E-state index contributed by atoms with van der Waals surface area (Å²) in [7, 11) is 2.01. The Morgan fingerprint density at radius 2 is 1.50 bits per heavy atom. The van der Waals surface area contributed by atoms with Gasteiger partial charge in [-0.1, -0.05) is 60.7 Å². The topological polar surface area (TPSA) is 27.1 Å². The van der Waals surface area contributed by atoms with Gasteiger partial charge in [0, 0.05) is 23.7 Å². The van der Waals surface area contributed by atoms with Gasteiger partial charge in [-0.15, -0.1) is 0 Å². The Kier molecular flexibility index (Phi) is 3.22. The molecule has 0 unspecified atom stereocenters. The van der Waals surface area contributed by atoms with Crippen LogP contribution >= 0.6 is 0 Å². The second-order valence-corrected chi connectivity index (χ2v) is 6.60. The fourth-order valence-corrected chi connectivity index (χ4v) is 3.71. The number of rotatable bonds is 2. The average Bonchev–Trinajstić information content (AvgIpc) is 3.10. The predicted molar refractivity (Wildman–Crippen MR) is 104 cm³/mol. The van der Waals surface area contributed by atoms with E-state index in [0.717, 1.165) is 33.5 Å². The Hall–Kier alpha value is -3.33. The highest BCUT2D eigenvalue weighted by atomic mass is 16.5. The van der Waals surface area contributed by atoms with Gasteiger partial charge in [0.1, 0.15) is 5.75 Å². The SMILES string of the molecule is Cn1cnc2c3c(ccc21)OC(c1ccccc1)(c1ccccc1)C=C3. The third-order valence-corrected chi connectivity index (χ3v) is 5.06. The molecule has 26 heavy (non-hydrogen) atoms. The van der Waals surface area contributed by atoms with Crippen LogP contribution in [0.15, 0.2) is 85.2 Å². The molecule has 126 valence electrons. The Balaban J connectivity index is 1.74. The van der Waals surface area contributed by atoms with E-state index >= 15 is 0 Å². The molecule has 0 radical (unpaired) electrons. The number of nitrogens with zero attached hydrogens (tertiary/aromatic N) is 2. The van der Waals surface area contributed by atoms with Crippen LogP contribution in [0.4, 0.5) is 0 Å². The Bertz CT molecular complexity index is 1070. The highest BCUT2D eigenvalue weighted by molar-refractivity contribution is 5.89. The number of ether oxygens (including phenoxy) is 1. The van der Waals surface area contributed by atoms with Gasteiger partial charge >= 0.3 is 0 Å². The first-order valence-corrected chi connectivity index (χ1v) is 8.71. The summed E-state index contributed by atoms with van der Waals surface area (Å²) in [4.78, 5) is 4.56. The summed E-state index contributed by atoms with van der Waals surface area (Å²) in [5, 5.41) is 0. The zero-order valence-corrected chi connectivity index (χ0v) is 14.5. The van der Waals surface area contributed by atoms with Gasteiger partial charge in [-0.25, -0.2) is 4.98 Å². The molecular formula is C23H18N2O. The zero-order chi connectivity index (χ0) is 17.6. The Labute approximate surface area is 152 Å². The average molecular weight is 338 g/mol. The van der Waals surface area contributed by atoms with Gasteiger partial charge in [0.25, 0.3) is 0 Å². The van der Waals surface area contributed by atoms with Crippen LogP contribution in [0.2, 0.25) is 0 Å². The van der Waals surface area contributed by atoms with Crippen LogP contribution in [0.5, 0.6) is 5.75 Å². The van der Waals surface area contributed by atoms with E-state index in [9.17, 15) is 0 Å². The first-order chi connectivity index (χ1) is 12.8. The van der Waals surface area contributed by atoms with Crippen LogP contribution in [0, 0.1) is 0 Å². The van der Waals surface area contributed by atoms with Crippen LogP contribution in [-0.4, -0.2) is 9.55 Å². The van der Waals surface area contributed by atoms with Crippen molar-refractivity contribution in [3.8, 4) is 5.75 Å². The van der Waals surface area contributed by atoms with Gasteiger partial charge < -0.3 is 9.30 Å². The minimum atomic E-state index is -0.641. The molecule has 0 atom stereocenters. The number of hydrogen-bond acceptors (Lipinski definition) is 2. The fourth-order valence-electron chi connectivity index (χ4n) is 3.71. The van der Waals surface area contributed by atoms with Gasteiger partial charge in [-0.3, -0.25) is 0 Å². The van der Waals surface area contributed by atoms with Crippen molar-refractivity contribution < 1.29 is 4.74 Å². The van der Waals surface area contributed by atoms with Crippen molar-refractivity contribution in [1.82, 2.24) is 9.55 Å². The summed E-state index contributed by atoms with van der Waals surface area (Å²) in [6, 6.07) is 24.8. The quantitative estimate of drug-likeness (QED) is 0.518. The molecule has 3 heteroatoms. The maximum absolute atomic E-state index is 6.67. The lowest BCUT2D eigenvalue weighted by molar-refractivity contribution is 0.161. The molecule has 0 amide bonds. The first-order valence-electron chi connectivity index (χ1n) is 8.71. The van der Waals surface area contributed by atoms with Gasteiger partial charge in [0.05, 0.1) is 17.4 Å². The lowest BCUT2D eigenvalue weighted by Crippen LogP contribution is -2.34. The number of fused-ring (bicyclic) bond motifs is 3. The van der Waals surface area contributed by atoms with Crippen molar-refractivity contribution >= 4 is 17.1 Å². The number of aryl methyl sites for hydroxylation is 1. The van der Waals surface area contributed by atoms with Crippen molar-refractivity contribution in [3.63, 3.8) is 0 Å². The van der Waals surface area contributed by atoms with E-state index < -0.39 is 5.60 Å². The van der Waals surface area contributed by atoms with Crippen LogP contribution in [0.1, 0.15) is 16.7 Å². The fraction of sp³-hybridized carbons (Fsp3) is 0.0870. The van der Waals surface area contributed by atoms with Crippen molar-refractivity contribution in [2.45, 2.75) is 5.60 Å². The number of imidazole rings is 1. The standard InChI is InChI=1S/C23H18N2O/c1-25-16-24-22-19-14-15-23(17-8-4-2-5-9-17,18-10-6-3-7-11-18)26-21(19)13-12-20(22)25/h2-16H,1H3. The molecule has 2 heterocycles. The smallest absolute Gasteiger partial charge is 0.178 e. The van der Waals surface area contributed by atoms with Crippen LogP contribution in [0.3, 0.4) is 0 Å². The predicted octanol–water partition coefficient (Wildman–Crippen LogP) is 4.92. The molecule has 0 fully saturated rings. The summed E-state index contributed by atoms with van der Waals surface area (Å²) in [5.74, 6) is 0.853. The van der Waals surface area contributed by atoms with Crippen molar-refractivity contribution in [2.75, 3.05) is 0 Å². The highest BCUT2D eigenvalue weighted by Gasteiger charge is 2.37. The molecule has 1 aliphatic rings. The van der Waals surface area contributed by atoms with Crippen LogP contribution in [-0.2, 0) is 12.6 Å². The van der Waals surface area contributed by atoms with Gasteiger partial charge in [0.15, 0.2) is 5.60 Å². The molecule has 0 spiro atoms. The van der Waals surface area contributed by atoms with Gasteiger partial charge in [-0.05, 0) is 24.3 Å². The molecule has 0 aliphatic carbocycles. The Morgan fingerprint density at radius 1 is 0.846 bits per heavy atom. The molecular weight excluding hydrogens is 320 g/mol. The Morgan fingerprint density at radius 3 is 2.15 bits per heavy atom. The lowest BCUT2D eigenvalue weighted by atomic mass is 9.83. The van der Waals surface area contributed by atoms with Crippen molar-refractivity contribution in [2.24, 2.45) is 7.05 Å².